The van der Waals surface area contributed by atoms with Crippen molar-refractivity contribution in [2.75, 3.05) is 0 Å². The molecule has 0 radical (unpaired) electrons. The van der Waals surface area contributed by atoms with Crippen molar-refractivity contribution in [3.8, 4) is 16.9 Å². The van der Waals surface area contributed by atoms with Crippen molar-refractivity contribution in [1.29, 1.82) is 0 Å². The van der Waals surface area contributed by atoms with Gasteiger partial charge in [-0.3, -0.25) is 0 Å². The third-order valence-electron chi connectivity index (χ3n) is 4.37. The lowest BCUT2D eigenvalue weighted by Gasteiger charge is -2.09. The first-order valence-corrected chi connectivity index (χ1v) is 9.56. The van der Waals surface area contributed by atoms with Crippen LogP contribution in [0.15, 0.2) is 48.7 Å². The van der Waals surface area contributed by atoms with E-state index in [1.54, 1.807) is 6.07 Å². The van der Waals surface area contributed by atoms with Gasteiger partial charge in [0.2, 0.25) is 5.82 Å². The lowest BCUT2D eigenvalue weighted by molar-refractivity contribution is 0.414. The summed E-state index contributed by atoms with van der Waals surface area (Å²) in [5.41, 5.74) is 2.11. The summed E-state index contributed by atoms with van der Waals surface area (Å²) in [6, 6.07) is 10.6. The summed E-state index contributed by atoms with van der Waals surface area (Å²) in [6.45, 7) is 4.28. The molecule has 0 saturated carbocycles. The van der Waals surface area contributed by atoms with Crippen molar-refractivity contribution in [3.05, 3.63) is 65.9 Å². The Balaban J connectivity index is 2.02. The maximum absolute atomic E-state index is 14.4. The summed E-state index contributed by atoms with van der Waals surface area (Å²) in [6.07, 6.45) is 10.9. The second kappa shape index (κ2) is 10.7. The van der Waals surface area contributed by atoms with E-state index < -0.39 is 11.6 Å². The molecule has 0 atom stereocenters. The highest BCUT2D eigenvalue weighted by molar-refractivity contribution is 5.65. The molecule has 0 N–H and O–H groups in total. The monoisotopic (exact) mass is 358 g/mol. The van der Waals surface area contributed by atoms with Crippen molar-refractivity contribution in [1.82, 2.24) is 0 Å². The molecule has 0 aliphatic rings. The van der Waals surface area contributed by atoms with Crippen LogP contribution in [0.2, 0.25) is 0 Å². The van der Waals surface area contributed by atoms with Gasteiger partial charge in [0.15, 0.2) is 11.6 Å². The van der Waals surface area contributed by atoms with E-state index in [9.17, 15) is 8.78 Å². The standard InChI is InChI=1S/C23H28F2O/c1-3-5-6-7-8-9-17-26-21-16-15-20(22(24)23(21)25)19-13-11-18(10-4-2)12-14-19/h9,11-17H,3-8,10H2,1-2H3. The van der Waals surface area contributed by atoms with Gasteiger partial charge in [-0.1, -0.05) is 63.8 Å². The molecule has 0 unspecified atom stereocenters. The summed E-state index contributed by atoms with van der Waals surface area (Å²) in [4.78, 5) is 0. The Morgan fingerprint density at radius 2 is 1.62 bits per heavy atom. The summed E-state index contributed by atoms with van der Waals surface area (Å²) in [7, 11) is 0. The molecule has 0 spiro atoms. The minimum atomic E-state index is -0.948. The van der Waals surface area contributed by atoms with Crippen LogP contribution in [0, 0.1) is 11.6 Å². The molecule has 140 valence electrons. The number of unbranched alkanes of at least 4 members (excludes halogenated alkanes) is 4. The minimum Gasteiger partial charge on any atom is -0.462 e. The Morgan fingerprint density at radius 3 is 2.31 bits per heavy atom. The number of benzene rings is 2. The highest BCUT2D eigenvalue weighted by atomic mass is 19.2. The molecule has 0 aliphatic carbocycles. The van der Waals surface area contributed by atoms with Crippen LogP contribution in [0.1, 0.15) is 57.9 Å². The average molecular weight is 358 g/mol. The lowest BCUT2D eigenvalue weighted by Crippen LogP contribution is -1.95. The Hall–Kier alpha value is -2.16. The number of allylic oxidation sites excluding steroid dienone is 1. The number of aryl methyl sites for hydroxylation is 1. The average Bonchev–Trinajstić information content (AvgIpc) is 2.65. The fraction of sp³-hybridized carbons (Fsp3) is 0.391. The Morgan fingerprint density at radius 1 is 0.846 bits per heavy atom. The van der Waals surface area contributed by atoms with Gasteiger partial charge in [0.1, 0.15) is 0 Å². The van der Waals surface area contributed by atoms with E-state index in [0.717, 1.165) is 25.7 Å². The van der Waals surface area contributed by atoms with Gasteiger partial charge in [0, 0.05) is 5.56 Å². The van der Waals surface area contributed by atoms with Crippen LogP contribution in [0.4, 0.5) is 8.78 Å². The van der Waals surface area contributed by atoms with Crippen LogP contribution >= 0.6 is 0 Å². The molecular formula is C23H28F2O. The summed E-state index contributed by atoms with van der Waals surface area (Å²) < 4.78 is 34.0. The fourth-order valence-corrected chi connectivity index (χ4v) is 2.86. The van der Waals surface area contributed by atoms with E-state index >= 15 is 0 Å². The van der Waals surface area contributed by atoms with Crippen molar-refractivity contribution in [2.45, 2.75) is 58.8 Å². The molecular weight excluding hydrogens is 330 g/mol. The number of ether oxygens (including phenoxy) is 1. The third kappa shape index (κ3) is 5.69. The number of rotatable bonds is 10. The minimum absolute atomic E-state index is 0.0846. The molecule has 2 aromatic rings. The topological polar surface area (TPSA) is 9.23 Å². The van der Waals surface area contributed by atoms with Crippen molar-refractivity contribution in [3.63, 3.8) is 0 Å². The first kappa shape index (κ1) is 20.2. The van der Waals surface area contributed by atoms with Crippen LogP contribution in [-0.4, -0.2) is 0 Å². The third-order valence-corrected chi connectivity index (χ3v) is 4.37. The van der Waals surface area contributed by atoms with Crippen molar-refractivity contribution >= 4 is 0 Å². The van der Waals surface area contributed by atoms with E-state index in [0.29, 0.717) is 5.56 Å². The zero-order valence-corrected chi connectivity index (χ0v) is 15.7. The van der Waals surface area contributed by atoms with E-state index in [1.165, 1.54) is 37.2 Å². The van der Waals surface area contributed by atoms with Crippen LogP contribution in [-0.2, 0) is 6.42 Å². The van der Waals surface area contributed by atoms with E-state index in [-0.39, 0.29) is 11.3 Å². The van der Waals surface area contributed by atoms with Crippen molar-refractivity contribution in [2.24, 2.45) is 0 Å². The highest BCUT2D eigenvalue weighted by Gasteiger charge is 2.15. The molecule has 0 fully saturated rings. The van der Waals surface area contributed by atoms with E-state index in [1.807, 2.05) is 30.3 Å². The van der Waals surface area contributed by atoms with Gasteiger partial charge in [-0.15, -0.1) is 0 Å². The molecule has 26 heavy (non-hydrogen) atoms. The van der Waals surface area contributed by atoms with Crippen LogP contribution in [0.3, 0.4) is 0 Å². The zero-order valence-electron chi connectivity index (χ0n) is 15.7. The number of hydrogen-bond donors (Lipinski definition) is 0. The zero-order chi connectivity index (χ0) is 18.8. The lowest BCUT2D eigenvalue weighted by atomic mass is 10.0. The van der Waals surface area contributed by atoms with Gasteiger partial charge in [0.05, 0.1) is 6.26 Å². The second-order valence-electron chi connectivity index (χ2n) is 6.53. The maximum atomic E-state index is 14.4. The van der Waals surface area contributed by atoms with Crippen LogP contribution in [0.5, 0.6) is 5.75 Å². The van der Waals surface area contributed by atoms with Crippen molar-refractivity contribution < 1.29 is 13.5 Å². The van der Waals surface area contributed by atoms with Gasteiger partial charge in [0.25, 0.3) is 0 Å². The SMILES string of the molecule is CCCCCCC=COc1ccc(-c2ccc(CCC)cc2)c(F)c1F. The number of hydrogen-bond acceptors (Lipinski definition) is 1. The summed E-state index contributed by atoms with van der Waals surface area (Å²) in [5.74, 6) is -1.91. The first-order valence-electron chi connectivity index (χ1n) is 9.56. The highest BCUT2D eigenvalue weighted by Crippen LogP contribution is 2.30. The molecule has 0 aliphatic heterocycles. The first-order chi connectivity index (χ1) is 12.7. The molecule has 0 heterocycles. The smallest absolute Gasteiger partial charge is 0.201 e. The van der Waals surface area contributed by atoms with E-state index in [2.05, 4.69) is 13.8 Å². The Labute approximate surface area is 155 Å². The van der Waals surface area contributed by atoms with Gasteiger partial charge < -0.3 is 4.74 Å². The predicted octanol–water partition coefficient (Wildman–Crippen LogP) is 7.45. The van der Waals surface area contributed by atoms with Crippen LogP contribution in [0.25, 0.3) is 11.1 Å². The summed E-state index contributed by atoms with van der Waals surface area (Å²) in [5, 5.41) is 0. The van der Waals surface area contributed by atoms with E-state index in [4.69, 9.17) is 4.74 Å². The molecule has 0 amide bonds. The van der Waals surface area contributed by atoms with Gasteiger partial charge in [-0.05, 0) is 48.6 Å². The normalized spacial score (nSPS) is 11.2. The molecule has 1 nitrogen and oxygen atoms in total. The molecule has 3 heteroatoms. The molecule has 0 saturated heterocycles. The fourth-order valence-electron chi connectivity index (χ4n) is 2.86. The second-order valence-corrected chi connectivity index (χ2v) is 6.53. The van der Waals surface area contributed by atoms with Gasteiger partial charge >= 0.3 is 0 Å². The van der Waals surface area contributed by atoms with Gasteiger partial charge in [-0.2, -0.15) is 4.39 Å². The Bertz CT molecular complexity index is 705. The molecule has 2 rings (SSSR count). The quantitative estimate of drug-likeness (QED) is 0.316. The summed E-state index contributed by atoms with van der Waals surface area (Å²) >= 11 is 0. The molecule has 2 aromatic carbocycles. The van der Waals surface area contributed by atoms with Gasteiger partial charge in [-0.25, -0.2) is 4.39 Å². The molecule has 0 bridgehead atoms. The molecule has 0 aromatic heterocycles. The van der Waals surface area contributed by atoms with Crippen LogP contribution < -0.4 is 4.74 Å². The largest absolute Gasteiger partial charge is 0.462 e. The number of halogens is 2. The predicted molar refractivity (Wildman–Crippen MR) is 104 cm³/mol. The maximum Gasteiger partial charge on any atom is 0.201 e. The Kier molecular flexibility index (Phi) is 8.33.